The van der Waals surface area contributed by atoms with Crippen LogP contribution in [-0.2, 0) is 5.41 Å². The Hall–Kier alpha value is -1.34. The SMILES string of the molecule is CNCC1(c2cccc3ccccc23)CC1(C)C. The molecule has 1 aliphatic carbocycles. The van der Waals surface area contributed by atoms with Gasteiger partial charge in [0.25, 0.3) is 0 Å². The third-order valence-electron chi connectivity index (χ3n) is 4.70. The highest BCUT2D eigenvalue weighted by Crippen LogP contribution is 2.64. The molecule has 1 nitrogen and oxygen atoms in total. The highest BCUT2D eigenvalue weighted by Gasteiger charge is 2.61. The van der Waals surface area contributed by atoms with E-state index in [0.29, 0.717) is 10.8 Å². The van der Waals surface area contributed by atoms with Gasteiger partial charge in [0.15, 0.2) is 0 Å². The van der Waals surface area contributed by atoms with Crippen LogP contribution in [0.1, 0.15) is 25.8 Å². The van der Waals surface area contributed by atoms with Crippen LogP contribution in [-0.4, -0.2) is 13.6 Å². The van der Waals surface area contributed by atoms with Crippen molar-refractivity contribution >= 4 is 10.8 Å². The molecule has 0 radical (unpaired) electrons. The van der Waals surface area contributed by atoms with Crippen LogP contribution in [0, 0.1) is 5.41 Å². The molecular weight excluding hydrogens is 218 g/mol. The molecule has 1 atom stereocenters. The summed E-state index contributed by atoms with van der Waals surface area (Å²) in [4.78, 5) is 0. The number of nitrogens with one attached hydrogen (secondary N) is 1. The van der Waals surface area contributed by atoms with Crippen LogP contribution in [0.2, 0.25) is 0 Å². The molecule has 1 heteroatoms. The average molecular weight is 239 g/mol. The highest BCUT2D eigenvalue weighted by atomic mass is 14.9. The van der Waals surface area contributed by atoms with Crippen LogP contribution in [0.4, 0.5) is 0 Å². The number of fused-ring (bicyclic) bond motifs is 1. The summed E-state index contributed by atoms with van der Waals surface area (Å²) in [5, 5.41) is 6.16. The summed E-state index contributed by atoms with van der Waals surface area (Å²) in [6, 6.07) is 15.5. The van der Waals surface area contributed by atoms with Gasteiger partial charge in [-0.05, 0) is 35.2 Å². The van der Waals surface area contributed by atoms with Crippen molar-refractivity contribution in [2.75, 3.05) is 13.6 Å². The Morgan fingerprint density at radius 2 is 1.72 bits per heavy atom. The summed E-state index contributed by atoms with van der Waals surface area (Å²) < 4.78 is 0. The first-order chi connectivity index (χ1) is 8.61. The van der Waals surface area contributed by atoms with Crippen molar-refractivity contribution in [1.82, 2.24) is 5.32 Å². The Bertz CT molecular complexity index is 580. The van der Waals surface area contributed by atoms with Crippen LogP contribution < -0.4 is 5.32 Å². The summed E-state index contributed by atoms with van der Waals surface area (Å²) in [6.07, 6.45) is 1.27. The Labute approximate surface area is 109 Å². The van der Waals surface area contributed by atoms with Gasteiger partial charge in [-0.1, -0.05) is 56.3 Å². The number of likely N-dealkylation sites (N-methyl/N-ethyl adjacent to an activating group) is 1. The van der Waals surface area contributed by atoms with E-state index >= 15 is 0 Å². The molecule has 0 spiro atoms. The van der Waals surface area contributed by atoms with E-state index in [4.69, 9.17) is 0 Å². The van der Waals surface area contributed by atoms with Gasteiger partial charge in [0, 0.05) is 12.0 Å². The molecule has 1 fully saturated rings. The molecule has 18 heavy (non-hydrogen) atoms. The van der Waals surface area contributed by atoms with E-state index in [9.17, 15) is 0 Å². The molecule has 3 rings (SSSR count). The summed E-state index contributed by atoms with van der Waals surface area (Å²) >= 11 is 0. The first-order valence-electron chi connectivity index (χ1n) is 6.74. The smallest absolute Gasteiger partial charge is 0.0140 e. The fourth-order valence-electron chi connectivity index (χ4n) is 3.51. The van der Waals surface area contributed by atoms with Gasteiger partial charge in [0.2, 0.25) is 0 Å². The Morgan fingerprint density at radius 3 is 2.39 bits per heavy atom. The van der Waals surface area contributed by atoms with E-state index in [1.54, 1.807) is 0 Å². The lowest BCUT2D eigenvalue weighted by atomic mass is 9.84. The molecule has 1 saturated carbocycles. The van der Waals surface area contributed by atoms with Crippen molar-refractivity contribution in [3.8, 4) is 0 Å². The van der Waals surface area contributed by atoms with E-state index in [-0.39, 0.29) is 0 Å². The molecule has 2 aromatic rings. The minimum absolute atomic E-state index is 0.308. The minimum atomic E-state index is 0.308. The first kappa shape index (κ1) is 11.7. The normalized spacial score (nSPS) is 25.3. The van der Waals surface area contributed by atoms with Crippen LogP contribution in [0.25, 0.3) is 10.8 Å². The maximum atomic E-state index is 3.39. The monoisotopic (exact) mass is 239 g/mol. The Kier molecular flexibility index (Phi) is 2.49. The van der Waals surface area contributed by atoms with Crippen molar-refractivity contribution in [2.24, 2.45) is 5.41 Å². The predicted molar refractivity (Wildman–Crippen MR) is 78.0 cm³/mol. The lowest BCUT2D eigenvalue weighted by molar-refractivity contribution is 0.479. The largest absolute Gasteiger partial charge is 0.319 e. The van der Waals surface area contributed by atoms with Gasteiger partial charge in [-0.2, -0.15) is 0 Å². The predicted octanol–water partition coefficient (Wildman–Crippen LogP) is 3.73. The number of hydrogen-bond acceptors (Lipinski definition) is 1. The van der Waals surface area contributed by atoms with E-state index in [1.807, 2.05) is 0 Å². The van der Waals surface area contributed by atoms with Gasteiger partial charge < -0.3 is 5.32 Å². The minimum Gasteiger partial charge on any atom is -0.319 e. The summed E-state index contributed by atoms with van der Waals surface area (Å²) in [5.74, 6) is 0. The maximum Gasteiger partial charge on any atom is 0.0140 e. The molecular formula is C17H21N. The molecule has 0 bridgehead atoms. The van der Waals surface area contributed by atoms with E-state index in [2.05, 4.69) is 68.7 Å². The van der Waals surface area contributed by atoms with E-state index in [1.165, 1.54) is 22.8 Å². The van der Waals surface area contributed by atoms with Gasteiger partial charge in [-0.3, -0.25) is 0 Å². The molecule has 94 valence electrons. The molecule has 0 saturated heterocycles. The summed E-state index contributed by atoms with van der Waals surface area (Å²) in [7, 11) is 2.06. The fraction of sp³-hybridized carbons (Fsp3) is 0.412. The second kappa shape index (κ2) is 3.83. The molecule has 0 aliphatic heterocycles. The van der Waals surface area contributed by atoms with E-state index < -0.39 is 0 Å². The second-order valence-electron chi connectivity index (χ2n) is 6.20. The molecule has 0 heterocycles. The van der Waals surface area contributed by atoms with Gasteiger partial charge in [0.1, 0.15) is 0 Å². The van der Waals surface area contributed by atoms with Gasteiger partial charge >= 0.3 is 0 Å². The third kappa shape index (κ3) is 1.50. The summed E-state index contributed by atoms with van der Waals surface area (Å²) in [5.41, 5.74) is 2.22. The molecule has 0 amide bonds. The van der Waals surface area contributed by atoms with Crippen molar-refractivity contribution in [1.29, 1.82) is 0 Å². The fourth-order valence-corrected chi connectivity index (χ4v) is 3.51. The van der Waals surface area contributed by atoms with Gasteiger partial charge in [-0.15, -0.1) is 0 Å². The zero-order chi connectivity index (χ0) is 12.8. The van der Waals surface area contributed by atoms with Crippen molar-refractivity contribution in [3.05, 3.63) is 48.0 Å². The number of rotatable bonds is 3. The zero-order valence-electron chi connectivity index (χ0n) is 11.5. The first-order valence-corrected chi connectivity index (χ1v) is 6.74. The Balaban J connectivity index is 2.20. The number of hydrogen-bond donors (Lipinski definition) is 1. The third-order valence-corrected chi connectivity index (χ3v) is 4.70. The number of benzene rings is 2. The summed E-state index contributed by atoms with van der Waals surface area (Å²) in [6.45, 7) is 5.83. The van der Waals surface area contributed by atoms with Crippen LogP contribution in [0.15, 0.2) is 42.5 Å². The van der Waals surface area contributed by atoms with Gasteiger partial charge in [-0.25, -0.2) is 0 Å². The average Bonchev–Trinajstić information content (AvgIpc) is 2.92. The molecule has 1 unspecified atom stereocenters. The van der Waals surface area contributed by atoms with Crippen molar-refractivity contribution < 1.29 is 0 Å². The Morgan fingerprint density at radius 1 is 1.06 bits per heavy atom. The molecule has 0 aromatic heterocycles. The topological polar surface area (TPSA) is 12.0 Å². The standard InChI is InChI=1S/C17H21N/c1-16(2)11-17(16,12-18-3)15-10-6-8-13-7-4-5-9-14(13)15/h4-10,18H,11-12H2,1-3H3. The molecule has 1 N–H and O–H groups in total. The second-order valence-corrected chi connectivity index (χ2v) is 6.20. The van der Waals surface area contributed by atoms with Crippen LogP contribution >= 0.6 is 0 Å². The maximum absolute atomic E-state index is 3.39. The zero-order valence-corrected chi connectivity index (χ0v) is 11.5. The van der Waals surface area contributed by atoms with Crippen molar-refractivity contribution in [3.63, 3.8) is 0 Å². The highest BCUT2D eigenvalue weighted by molar-refractivity contribution is 5.87. The lowest BCUT2D eigenvalue weighted by Crippen LogP contribution is -2.28. The molecule has 1 aliphatic rings. The van der Waals surface area contributed by atoms with Crippen molar-refractivity contribution in [2.45, 2.75) is 25.7 Å². The lowest BCUT2D eigenvalue weighted by Gasteiger charge is -2.22. The van der Waals surface area contributed by atoms with Gasteiger partial charge in [0.05, 0.1) is 0 Å². The van der Waals surface area contributed by atoms with Crippen LogP contribution in [0.5, 0.6) is 0 Å². The quantitative estimate of drug-likeness (QED) is 0.860. The van der Waals surface area contributed by atoms with E-state index in [0.717, 1.165) is 6.54 Å². The molecule has 2 aromatic carbocycles. The van der Waals surface area contributed by atoms with Crippen LogP contribution in [0.3, 0.4) is 0 Å².